The van der Waals surface area contributed by atoms with E-state index < -0.39 is 11.7 Å². The molecule has 3 rings (SSSR count). The van der Waals surface area contributed by atoms with Crippen molar-refractivity contribution in [3.8, 4) is 16.9 Å². The third-order valence-corrected chi connectivity index (χ3v) is 5.07. The fraction of sp³-hybridized carbons (Fsp3) is 0.429. The van der Waals surface area contributed by atoms with E-state index in [-0.39, 0.29) is 0 Å². The van der Waals surface area contributed by atoms with Crippen molar-refractivity contribution in [1.82, 2.24) is 4.90 Å². The molecule has 0 amide bonds. The van der Waals surface area contributed by atoms with E-state index in [4.69, 9.17) is 4.74 Å². The van der Waals surface area contributed by atoms with Crippen LogP contribution in [0.5, 0.6) is 5.75 Å². The minimum atomic E-state index is -4.32. The summed E-state index contributed by atoms with van der Waals surface area (Å²) in [6.45, 7) is 6.31. The van der Waals surface area contributed by atoms with E-state index >= 15 is 0 Å². The number of rotatable bonds is 4. The number of nitrogens with zero attached hydrogens (tertiary/aromatic N) is 1. The van der Waals surface area contributed by atoms with Gasteiger partial charge in [0.2, 0.25) is 0 Å². The Morgan fingerprint density at radius 2 is 1.81 bits per heavy atom. The predicted octanol–water partition coefficient (Wildman–Crippen LogP) is 5.54. The van der Waals surface area contributed by atoms with Gasteiger partial charge in [-0.2, -0.15) is 13.2 Å². The molecule has 1 aliphatic rings. The van der Waals surface area contributed by atoms with Crippen LogP contribution in [-0.2, 0) is 19.1 Å². The molecule has 5 heteroatoms. The first-order valence-electron chi connectivity index (χ1n) is 8.95. The molecule has 0 fully saturated rings. The molecule has 2 nitrogen and oxygen atoms in total. The van der Waals surface area contributed by atoms with Crippen molar-refractivity contribution < 1.29 is 17.9 Å². The number of alkyl halides is 3. The summed E-state index contributed by atoms with van der Waals surface area (Å²) < 4.78 is 44.0. The van der Waals surface area contributed by atoms with Crippen LogP contribution in [-0.4, -0.2) is 24.6 Å². The second-order valence-electron chi connectivity index (χ2n) is 6.92. The second kappa shape index (κ2) is 7.31. The molecule has 1 unspecified atom stereocenters. The van der Waals surface area contributed by atoms with Crippen LogP contribution in [0.1, 0.15) is 37.0 Å². The average Bonchev–Trinajstić information content (AvgIpc) is 2.61. The summed E-state index contributed by atoms with van der Waals surface area (Å²) in [5.74, 6) is 0.708. The Labute approximate surface area is 152 Å². The Morgan fingerprint density at radius 1 is 1.12 bits per heavy atom. The Hall–Kier alpha value is -2.01. The van der Waals surface area contributed by atoms with Crippen molar-refractivity contribution in [2.45, 2.75) is 45.5 Å². The van der Waals surface area contributed by atoms with Gasteiger partial charge in [-0.3, -0.25) is 4.90 Å². The first-order valence-corrected chi connectivity index (χ1v) is 8.95. The molecule has 0 N–H and O–H groups in total. The van der Waals surface area contributed by atoms with Gasteiger partial charge in [-0.25, -0.2) is 0 Å². The highest BCUT2D eigenvalue weighted by atomic mass is 19.4. The van der Waals surface area contributed by atoms with Gasteiger partial charge in [0.1, 0.15) is 5.75 Å². The van der Waals surface area contributed by atoms with Crippen molar-refractivity contribution in [3.05, 3.63) is 53.1 Å². The summed E-state index contributed by atoms with van der Waals surface area (Å²) in [5.41, 5.74) is 3.43. The highest BCUT2D eigenvalue weighted by molar-refractivity contribution is 5.72. The van der Waals surface area contributed by atoms with E-state index in [1.807, 2.05) is 6.07 Å². The van der Waals surface area contributed by atoms with Crippen LogP contribution in [0, 0.1) is 0 Å². The molecule has 0 spiro atoms. The van der Waals surface area contributed by atoms with Crippen molar-refractivity contribution in [2.24, 2.45) is 0 Å². The monoisotopic (exact) mass is 363 g/mol. The molecule has 0 bridgehead atoms. The van der Waals surface area contributed by atoms with Crippen molar-refractivity contribution >= 4 is 0 Å². The third-order valence-electron chi connectivity index (χ3n) is 5.07. The maximum Gasteiger partial charge on any atom is 0.416 e. The van der Waals surface area contributed by atoms with Crippen LogP contribution in [0.25, 0.3) is 11.1 Å². The molecule has 1 atom stereocenters. The number of ether oxygens (including phenoxy) is 1. The van der Waals surface area contributed by atoms with E-state index in [0.717, 1.165) is 49.2 Å². The van der Waals surface area contributed by atoms with E-state index in [1.54, 1.807) is 7.11 Å². The zero-order valence-electron chi connectivity index (χ0n) is 15.4. The fourth-order valence-corrected chi connectivity index (χ4v) is 3.65. The van der Waals surface area contributed by atoms with Gasteiger partial charge in [0.15, 0.2) is 0 Å². The normalized spacial score (nSPS) is 17.8. The summed E-state index contributed by atoms with van der Waals surface area (Å²) >= 11 is 0. The Morgan fingerprint density at radius 3 is 2.38 bits per heavy atom. The van der Waals surface area contributed by atoms with Gasteiger partial charge in [-0.1, -0.05) is 19.1 Å². The van der Waals surface area contributed by atoms with E-state index in [1.165, 1.54) is 23.3 Å². The lowest BCUT2D eigenvalue weighted by atomic mass is 9.90. The maximum absolute atomic E-state index is 12.8. The largest absolute Gasteiger partial charge is 0.496 e. The quantitative estimate of drug-likeness (QED) is 0.707. The fourth-order valence-electron chi connectivity index (χ4n) is 3.65. The van der Waals surface area contributed by atoms with Gasteiger partial charge in [-0.15, -0.1) is 0 Å². The molecule has 2 aromatic carbocycles. The number of methoxy groups -OCH3 is 1. The summed E-state index contributed by atoms with van der Waals surface area (Å²) in [4.78, 5) is 2.45. The molecule has 0 saturated carbocycles. The lowest BCUT2D eigenvalue weighted by Crippen LogP contribution is -2.38. The van der Waals surface area contributed by atoms with E-state index in [2.05, 4.69) is 24.8 Å². The van der Waals surface area contributed by atoms with Crippen LogP contribution in [0.15, 0.2) is 36.4 Å². The first kappa shape index (κ1) is 18.8. The van der Waals surface area contributed by atoms with Gasteiger partial charge in [0, 0.05) is 18.2 Å². The molecule has 140 valence electrons. The van der Waals surface area contributed by atoms with Crippen molar-refractivity contribution in [2.75, 3.05) is 13.7 Å². The van der Waals surface area contributed by atoms with Crippen LogP contribution in [0.3, 0.4) is 0 Å². The van der Waals surface area contributed by atoms with Crippen LogP contribution in [0.2, 0.25) is 0 Å². The molecule has 2 aromatic rings. The molecule has 26 heavy (non-hydrogen) atoms. The van der Waals surface area contributed by atoms with Gasteiger partial charge in [0.25, 0.3) is 0 Å². The predicted molar refractivity (Wildman–Crippen MR) is 97.3 cm³/mol. The molecule has 0 aromatic heterocycles. The van der Waals surface area contributed by atoms with Crippen molar-refractivity contribution in [1.29, 1.82) is 0 Å². The Balaban J connectivity index is 1.99. The number of hydrogen-bond donors (Lipinski definition) is 0. The summed E-state index contributed by atoms with van der Waals surface area (Å²) in [7, 11) is 1.60. The van der Waals surface area contributed by atoms with Crippen LogP contribution in [0.4, 0.5) is 13.2 Å². The Bertz CT molecular complexity index is 768. The summed E-state index contributed by atoms with van der Waals surface area (Å²) in [5, 5.41) is 0. The zero-order valence-corrected chi connectivity index (χ0v) is 15.4. The molecule has 1 heterocycles. The lowest BCUT2D eigenvalue weighted by Gasteiger charge is -2.35. The van der Waals surface area contributed by atoms with Gasteiger partial charge >= 0.3 is 6.18 Å². The Kier molecular flexibility index (Phi) is 5.28. The number of benzene rings is 2. The number of fused-ring (bicyclic) bond motifs is 1. The lowest BCUT2D eigenvalue weighted by molar-refractivity contribution is -0.137. The van der Waals surface area contributed by atoms with Crippen molar-refractivity contribution in [3.63, 3.8) is 0 Å². The standard InChI is InChI=1S/C21H24F3NO/c1-4-9-25-13-17-11-19(20(26-3)12-16(17)10-14(25)2)15-5-7-18(8-6-15)21(22,23)24/h5-8,11-12,14H,4,9-10,13H2,1-3H3. The molecule has 1 aliphatic heterocycles. The van der Waals surface area contributed by atoms with Crippen LogP contribution >= 0.6 is 0 Å². The van der Waals surface area contributed by atoms with Crippen LogP contribution < -0.4 is 4.74 Å². The van der Waals surface area contributed by atoms with Gasteiger partial charge in [0.05, 0.1) is 12.7 Å². The minimum absolute atomic E-state index is 0.476. The summed E-state index contributed by atoms with van der Waals surface area (Å²) in [6.07, 6.45) is -2.27. The highest BCUT2D eigenvalue weighted by Gasteiger charge is 2.30. The number of halogens is 3. The first-order chi connectivity index (χ1) is 12.3. The molecule has 0 aliphatic carbocycles. The van der Waals surface area contributed by atoms with E-state index in [0.29, 0.717) is 11.8 Å². The summed E-state index contributed by atoms with van der Waals surface area (Å²) in [6, 6.07) is 9.88. The average molecular weight is 363 g/mol. The molecular formula is C21H24F3NO. The maximum atomic E-state index is 12.8. The van der Waals surface area contributed by atoms with Gasteiger partial charge in [-0.05, 0) is 67.3 Å². The van der Waals surface area contributed by atoms with Gasteiger partial charge < -0.3 is 4.74 Å². The van der Waals surface area contributed by atoms with E-state index in [9.17, 15) is 13.2 Å². The topological polar surface area (TPSA) is 12.5 Å². The highest BCUT2D eigenvalue weighted by Crippen LogP contribution is 2.37. The molecule has 0 saturated heterocycles. The molecule has 0 radical (unpaired) electrons. The SMILES string of the molecule is CCCN1Cc2cc(-c3ccc(C(F)(F)F)cc3)c(OC)cc2CC1C. The second-order valence-corrected chi connectivity index (χ2v) is 6.92. The minimum Gasteiger partial charge on any atom is -0.496 e. The number of hydrogen-bond acceptors (Lipinski definition) is 2. The zero-order chi connectivity index (χ0) is 18.9. The third kappa shape index (κ3) is 3.73. The smallest absolute Gasteiger partial charge is 0.416 e. The molecular weight excluding hydrogens is 339 g/mol.